The zero-order valence-corrected chi connectivity index (χ0v) is 18.0. The average Bonchev–Trinajstić information content (AvgIpc) is 3.03. The molecule has 9 heteroatoms. The molecule has 3 heterocycles. The number of aromatic amines is 1. The molecule has 1 aromatic carbocycles. The highest BCUT2D eigenvalue weighted by atomic mass is 16.3. The number of benzene rings is 1. The van der Waals surface area contributed by atoms with Gasteiger partial charge in [0.1, 0.15) is 5.39 Å². The highest BCUT2D eigenvalue weighted by molar-refractivity contribution is 5.74. The SMILES string of the molecule is C=CCn1[nH]c2nc(Nc3ccc(N4CCN(CC(C)(C)O)CC4)cc3)ncc2c1=O. The van der Waals surface area contributed by atoms with Crippen LogP contribution in [-0.4, -0.2) is 68.1 Å². The molecule has 0 aliphatic carbocycles. The van der Waals surface area contributed by atoms with Crippen molar-refractivity contribution in [2.75, 3.05) is 42.9 Å². The van der Waals surface area contributed by atoms with Crippen molar-refractivity contribution in [2.45, 2.75) is 26.0 Å². The van der Waals surface area contributed by atoms with Gasteiger partial charge in [-0.05, 0) is 38.1 Å². The Kier molecular flexibility index (Phi) is 5.79. The minimum Gasteiger partial charge on any atom is -0.389 e. The van der Waals surface area contributed by atoms with Crippen molar-refractivity contribution in [3.8, 4) is 0 Å². The minimum absolute atomic E-state index is 0.159. The van der Waals surface area contributed by atoms with E-state index in [0.29, 0.717) is 30.1 Å². The van der Waals surface area contributed by atoms with Gasteiger partial charge in [0.05, 0.1) is 12.1 Å². The van der Waals surface area contributed by atoms with E-state index in [2.05, 4.69) is 48.9 Å². The van der Waals surface area contributed by atoms with E-state index in [1.54, 1.807) is 6.08 Å². The Morgan fingerprint density at radius 3 is 2.58 bits per heavy atom. The molecule has 0 amide bonds. The van der Waals surface area contributed by atoms with E-state index in [9.17, 15) is 9.90 Å². The van der Waals surface area contributed by atoms with Gasteiger partial charge in [-0.1, -0.05) is 6.08 Å². The maximum atomic E-state index is 12.2. The third-order valence-electron chi connectivity index (χ3n) is 5.29. The first-order chi connectivity index (χ1) is 14.8. The Balaban J connectivity index is 1.40. The molecule has 0 saturated carbocycles. The monoisotopic (exact) mass is 423 g/mol. The summed E-state index contributed by atoms with van der Waals surface area (Å²) in [5.41, 5.74) is 1.70. The zero-order valence-electron chi connectivity index (χ0n) is 18.0. The van der Waals surface area contributed by atoms with E-state index >= 15 is 0 Å². The number of piperazine rings is 1. The predicted octanol–water partition coefficient (Wildman–Crippen LogP) is 1.94. The molecular formula is C22H29N7O2. The Hall–Kier alpha value is -3.17. The van der Waals surface area contributed by atoms with Crippen LogP contribution >= 0.6 is 0 Å². The second kappa shape index (κ2) is 8.52. The Labute approximate surface area is 181 Å². The van der Waals surface area contributed by atoms with E-state index in [1.165, 1.54) is 10.9 Å². The molecule has 31 heavy (non-hydrogen) atoms. The number of anilines is 3. The molecule has 0 unspecified atom stereocenters. The number of β-amino-alcohol motifs (C(OH)–C–C–N with tert-alkyl or cyclic N) is 1. The molecule has 3 N–H and O–H groups in total. The van der Waals surface area contributed by atoms with E-state index in [4.69, 9.17) is 0 Å². The highest BCUT2D eigenvalue weighted by Crippen LogP contribution is 2.22. The molecule has 9 nitrogen and oxygen atoms in total. The summed E-state index contributed by atoms with van der Waals surface area (Å²) in [6, 6.07) is 8.15. The van der Waals surface area contributed by atoms with Crippen LogP contribution in [0.25, 0.3) is 11.0 Å². The van der Waals surface area contributed by atoms with Gasteiger partial charge in [-0.3, -0.25) is 14.8 Å². The van der Waals surface area contributed by atoms with Gasteiger partial charge in [0.25, 0.3) is 5.56 Å². The van der Waals surface area contributed by atoms with Gasteiger partial charge in [-0.15, -0.1) is 6.58 Å². The first kappa shape index (κ1) is 21.1. The third-order valence-corrected chi connectivity index (χ3v) is 5.29. The molecule has 3 aromatic rings. The third kappa shape index (κ3) is 4.95. The van der Waals surface area contributed by atoms with Gasteiger partial charge < -0.3 is 15.3 Å². The number of hydrogen-bond donors (Lipinski definition) is 3. The summed E-state index contributed by atoms with van der Waals surface area (Å²) in [4.78, 5) is 25.6. The van der Waals surface area contributed by atoms with E-state index in [1.807, 2.05) is 26.0 Å². The molecule has 1 aliphatic rings. The summed E-state index contributed by atoms with van der Waals surface area (Å²) in [5.74, 6) is 0.424. The van der Waals surface area contributed by atoms with Crippen LogP contribution in [0.2, 0.25) is 0 Å². The number of nitrogens with one attached hydrogen (secondary N) is 2. The molecular weight excluding hydrogens is 394 g/mol. The summed E-state index contributed by atoms with van der Waals surface area (Å²) in [5, 5.41) is 16.6. The second-order valence-electron chi connectivity index (χ2n) is 8.52. The van der Waals surface area contributed by atoms with Gasteiger partial charge in [-0.2, -0.15) is 4.98 Å². The second-order valence-corrected chi connectivity index (χ2v) is 8.52. The van der Waals surface area contributed by atoms with Gasteiger partial charge in [0.15, 0.2) is 5.65 Å². The first-order valence-electron chi connectivity index (χ1n) is 10.5. The maximum absolute atomic E-state index is 12.2. The van der Waals surface area contributed by atoms with Crippen LogP contribution in [0.1, 0.15) is 13.8 Å². The van der Waals surface area contributed by atoms with E-state index in [-0.39, 0.29) is 5.56 Å². The van der Waals surface area contributed by atoms with Crippen LogP contribution in [0.15, 0.2) is 47.9 Å². The molecule has 164 valence electrons. The van der Waals surface area contributed by atoms with Crippen molar-refractivity contribution in [1.29, 1.82) is 0 Å². The van der Waals surface area contributed by atoms with E-state index in [0.717, 1.165) is 37.6 Å². The molecule has 0 spiro atoms. The standard InChI is InChI=1S/C22H29N7O2/c1-4-9-29-20(30)18-14-23-21(25-19(18)26-29)24-16-5-7-17(8-6-16)28-12-10-27(11-13-28)15-22(2,3)31/h4-8,14,31H,1,9-13,15H2,2-3H3,(H2,23,24,25,26). The lowest BCUT2D eigenvalue weighted by Crippen LogP contribution is -2.50. The molecule has 1 aliphatic heterocycles. The highest BCUT2D eigenvalue weighted by Gasteiger charge is 2.22. The van der Waals surface area contributed by atoms with Crippen LogP contribution in [-0.2, 0) is 6.54 Å². The number of hydrogen-bond acceptors (Lipinski definition) is 7. The lowest BCUT2D eigenvalue weighted by atomic mass is 10.1. The number of aliphatic hydroxyl groups is 1. The van der Waals surface area contributed by atoms with E-state index < -0.39 is 5.60 Å². The van der Waals surface area contributed by atoms with Crippen molar-refractivity contribution >= 4 is 28.4 Å². The van der Waals surface area contributed by atoms with Gasteiger partial charge in [0.2, 0.25) is 5.95 Å². The summed E-state index contributed by atoms with van der Waals surface area (Å²) in [7, 11) is 0. The fraction of sp³-hybridized carbons (Fsp3) is 0.409. The predicted molar refractivity (Wildman–Crippen MR) is 123 cm³/mol. The number of fused-ring (bicyclic) bond motifs is 1. The lowest BCUT2D eigenvalue weighted by molar-refractivity contribution is 0.0345. The number of aromatic nitrogens is 4. The summed E-state index contributed by atoms with van der Waals surface area (Å²) in [6.45, 7) is 12.2. The zero-order chi connectivity index (χ0) is 22.0. The van der Waals surface area contributed by atoms with Gasteiger partial charge in [0, 0.05) is 50.3 Å². The maximum Gasteiger partial charge on any atom is 0.277 e. The van der Waals surface area contributed by atoms with Crippen LogP contribution in [0.5, 0.6) is 0 Å². The number of rotatable bonds is 7. The van der Waals surface area contributed by atoms with Crippen LogP contribution in [0, 0.1) is 0 Å². The number of H-pyrrole nitrogens is 1. The smallest absolute Gasteiger partial charge is 0.277 e. The quantitative estimate of drug-likeness (QED) is 0.499. The first-order valence-corrected chi connectivity index (χ1v) is 10.5. The molecule has 0 bridgehead atoms. The molecule has 4 rings (SSSR count). The molecule has 0 radical (unpaired) electrons. The summed E-state index contributed by atoms with van der Waals surface area (Å²) >= 11 is 0. The average molecular weight is 424 g/mol. The largest absolute Gasteiger partial charge is 0.389 e. The van der Waals surface area contributed by atoms with Crippen molar-refractivity contribution < 1.29 is 5.11 Å². The van der Waals surface area contributed by atoms with Crippen LogP contribution in [0.4, 0.5) is 17.3 Å². The van der Waals surface area contributed by atoms with Crippen molar-refractivity contribution in [1.82, 2.24) is 24.6 Å². The molecule has 0 atom stereocenters. The summed E-state index contributed by atoms with van der Waals surface area (Å²) < 4.78 is 1.45. The van der Waals surface area contributed by atoms with Gasteiger partial charge in [-0.25, -0.2) is 9.67 Å². The lowest BCUT2D eigenvalue weighted by Gasteiger charge is -2.38. The minimum atomic E-state index is -0.665. The number of allylic oxidation sites excluding steroid dienone is 1. The fourth-order valence-electron chi connectivity index (χ4n) is 3.86. The topological polar surface area (TPSA) is 102 Å². The molecule has 1 saturated heterocycles. The molecule has 2 aromatic heterocycles. The Bertz CT molecular complexity index is 1100. The van der Waals surface area contributed by atoms with Crippen LogP contribution in [0.3, 0.4) is 0 Å². The molecule has 1 fully saturated rings. The normalized spacial score (nSPS) is 15.4. The van der Waals surface area contributed by atoms with Crippen molar-refractivity contribution in [3.05, 3.63) is 53.5 Å². The van der Waals surface area contributed by atoms with Crippen molar-refractivity contribution in [2.24, 2.45) is 0 Å². The van der Waals surface area contributed by atoms with Crippen LogP contribution < -0.4 is 15.8 Å². The van der Waals surface area contributed by atoms with Crippen molar-refractivity contribution in [3.63, 3.8) is 0 Å². The Morgan fingerprint density at radius 1 is 1.23 bits per heavy atom. The fourth-order valence-corrected chi connectivity index (χ4v) is 3.86. The Morgan fingerprint density at radius 2 is 1.94 bits per heavy atom. The van der Waals surface area contributed by atoms with Gasteiger partial charge >= 0.3 is 0 Å². The number of nitrogens with zero attached hydrogens (tertiary/aromatic N) is 5. The summed E-state index contributed by atoms with van der Waals surface area (Å²) in [6.07, 6.45) is 3.18.